The quantitative estimate of drug-likeness (QED) is 0.687. The minimum absolute atomic E-state index is 0.0865. The van der Waals surface area contributed by atoms with Gasteiger partial charge < -0.3 is 10.6 Å². The highest BCUT2D eigenvalue weighted by Gasteiger charge is 2.25. The number of nitrogen functional groups attached to an aromatic ring is 1. The number of aromatic nitrogens is 1. The van der Waals surface area contributed by atoms with Crippen LogP contribution in [0.1, 0.15) is 40.7 Å². The molecule has 1 saturated heterocycles. The number of rotatable bonds is 4. The second kappa shape index (κ2) is 7.87. The van der Waals surface area contributed by atoms with Crippen LogP contribution in [0.2, 0.25) is 0 Å². The van der Waals surface area contributed by atoms with Crippen molar-refractivity contribution in [3.05, 3.63) is 58.9 Å². The summed E-state index contributed by atoms with van der Waals surface area (Å²) in [6.07, 6.45) is 4.08. The van der Waals surface area contributed by atoms with Gasteiger partial charge in [-0.1, -0.05) is 23.5 Å². The standard InChI is InChI=1S/C22H24FN3OS/c1-14-11-17(12-19-20(14)25-22(24)28-19)21(27)26-10-2-3-16(13-26)5-4-15-6-8-18(23)9-7-15/h6-9,11-12,16H,2-5,10,13H2,1H3,(H2,24,25)/t16-/m1/s1. The van der Waals surface area contributed by atoms with Gasteiger partial charge in [0.15, 0.2) is 5.13 Å². The number of halogens is 1. The lowest BCUT2D eigenvalue weighted by molar-refractivity contribution is 0.0668. The molecular formula is C22H24FN3OS. The second-order valence-corrected chi connectivity index (χ2v) is 8.68. The molecule has 2 aromatic carbocycles. The van der Waals surface area contributed by atoms with Crippen molar-refractivity contribution in [1.82, 2.24) is 9.88 Å². The molecule has 0 aliphatic carbocycles. The zero-order valence-electron chi connectivity index (χ0n) is 16.0. The van der Waals surface area contributed by atoms with Gasteiger partial charge in [-0.2, -0.15) is 0 Å². The van der Waals surface area contributed by atoms with Crippen molar-refractivity contribution in [3.63, 3.8) is 0 Å². The van der Waals surface area contributed by atoms with E-state index in [0.29, 0.717) is 16.6 Å². The summed E-state index contributed by atoms with van der Waals surface area (Å²) < 4.78 is 14.0. The molecular weight excluding hydrogens is 373 g/mol. The number of nitrogens with two attached hydrogens (primary N) is 1. The van der Waals surface area contributed by atoms with Crippen LogP contribution in [-0.4, -0.2) is 28.9 Å². The average molecular weight is 398 g/mol. The number of nitrogens with zero attached hydrogens (tertiary/aromatic N) is 2. The summed E-state index contributed by atoms with van der Waals surface area (Å²) in [5.74, 6) is 0.364. The number of hydrogen-bond donors (Lipinski definition) is 1. The molecule has 1 atom stereocenters. The molecule has 0 spiro atoms. The molecule has 0 saturated carbocycles. The molecule has 146 valence electrons. The largest absolute Gasteiger partial charge is 0.375 e. The Labute approximate surface area is 168 Å². The summed E-state index contributed by atoms with van der Waals surface area (Å²) in [5.41, 5.74) is 9.56. The Morgan fingerprint density at radius 2 is 2.11 bits per heavy atom. The Morgan fingerprint density at radius 3 is 2.89 bits per heavy atom. The van der Waals surface area contributed by atoms with Gasteiger partial charge in [0, 0.05) is 18.7 Å². The highest BCUT2D eigenvalue weighted by molar-refractivity contribution is 7.22. The van der Waals surface area contributed by atoms with Gasteiger partial charge in [-0.15, -0.1) is 0 Å². The van der Waals surface area contributed by atoms with E-state index in [0.717, 1.165) is 60.1 Å². The van der Waals surface area contributed by atoms with E-state index in [1.54, 1.807) is 0 Å². The number of fused-ring (bicyclic) bond motifs is 1. The highest BCUT2D eigenvalue weighted by Crippen LogP contribution is 2.29. The predicted octanol–water partition coefficient (Wildman–Crippen LogP) is 4.81. The van der Waals surface area contributed by atoms with Crippen molar-refractivity contribution in [3.8, 4) is 0 Å². The van der Waals surface area contributed by atoms with E-state index in [1.165, 1.54) is 23.5 Å². The van der Waals surface area contributed by atoms with E-state index < -0.39 is 0 Å². The average Bonchev–Trinajstić information content (AvgIpc) is 3.08. The van der Waals surface area contributed by atoms with Crippen molar-refractivity contribution in [2.75, 3.05) is 18.8 Å². The number of anilines is 1. The second-order valence-electron chi connectivity index (χ2n) is 7.62. The van der Waals surface area contributed by atoms with Crippen LogP contribution in [0.4, 0.5) is 9.52 Å². The van der Waals surface area contributed by atoms with E-state index in [2.05, 4.69) is 4.98 Å². The summed E-state index contributed by atoms with van der Waals surface area (Å²) >= 11 is 1.42. The number of piperidine rings is 1. The van der Waals surface area contributed by atoms with Crippen LogP contribution in [0, 0.1) is 18.7 Å². The number of carbonyl (C=O) groups excluding carboxylic acids is 1. The molecule has 3 aromatic rings. The Morgan fingerprint density at radius 1 is 1.32 bits per heavy atom. The molecule has 1 aromatic heterocycles. The molecule has 4 rings (SSSR count). The molecule has 1 aliphatic rings. The molecule has 6 heteroatoms. The maximum atomic E-state index is 13.1. The smallest absolute Gasteiger partial charge is 0.253 e. The fourth-order valence-electron chi connectivity index (χ4n) is 4.03. The van der Waals surface area contributed by atoms with Gasteiger partial charge in [0.1, 0.15) is 5.82 Å². The minimum atomic E-state index is -0.201. The van der Waals surface area contributed by atoms with Crippen molar-refractivity contribution >= 4 is 32.6 Å². The van der Waals surface area contributed by atoms with Crippen molar-refractivity contribution < 1.29 is 9.18 Å². The van der Waals surface area contributed by atoms with E-state index >= 15 is 0 Å². The van der Waals surface area contributed by atoms with Crippen LogP contribution >= 0.6 is 11.3 Å². The maximum absolute atomic E-state index is 13.1. The Balaban J connectivity index is 1.43. The topological polar surface area (TPSA) is 59.2 Å². The summed E-state index contributed by atoms with van der Waals surface area (Å²) in [6.45, 7) is 3.55. The lowest BCUT2D eigenvalue weighted by atomic mass is 9.91. The first-order valence-electron chi connectivity index (χ1n) is 9.70. The number of aryl methyl sites for hydroxylation is 2. The van der Waals surface area contributed by atoms with Crippen LogP contribution in [0.5, 0.6) is 0 Å². The van der Waals surface area contributed by atoms with Crippen molar-refractivity contribution in [1.29, 1.82) is 0 Å². The summed E-state index contributed by atoms with van der Waals surface area (Å²) in [4.78, 5) is 19.4. The Kier molecular flexibility index (Phi) is 5.31. The number of benzene rings is 2. The first-order valence-corrected chi connectivity index (χ1v) is 10.5. The van der Waals surface area contributed by atoms with Crippen LogP contribution in [0.15, 0.2) is 36.4 Å². The number of likely N-dealkylation sites (tertiary alicyclic amines) is 1. The third-order valence-corrected chi connectivity index (χ3v) is 6.34. The summed E-state index contributed by atoms with van der Waals surface area (Å²) in [5, 5.41) is 0.529. The van der Waals surface area contributed by atoms with Gasteiger partial charge >= 0.3 is 0 Å². The molecule has 4 nitrogen and oxygen atoms in total. The summed E-state index contributed by atoms with van der Waals surface area (Å²) in [6, 6.07) is 10.6. The zero-order valence-corrected chi connectivity index (χ0v) is 16.8. The third-order valence-electron chi connectivity index (χ3n) is 5.51. The van der Waals surface area contributed by atoms with Crippen LogP contribution < -0.4 is 5.73 Å². The normalized spacial score (nSPS) is 17.2. The minimum Gasteiger partial charge on any atom is -0.375 e. The third kappa shape index (κ3) is 4.02. The summed E-state index contributed by atoms with van der Waals surface area (Å²) in [7, 11) is 0. The van der Waals surface area contributed by atoms with Crippen molar-refractivity contribution in [2.24, 2.45) is 5.92 Å². The molecule has 28 heavy (non-hydrogen) atoms. The van der Waals surface area contributed by atoms with Crippen LogP contribution in [-0.2, 0) is 6.42 Å². The fraction of sp³-hybridized carbons (Fsp3) is 0.364. The lowest BCUT2D eigenvalue weighted by Crippen LogP contribution is -2.40. The van der Waals surface area contributed by atoms with Gasteiger partial charge in [0.05, 0.1) is 10.2 Å². The van der Waals surface area contributed by atoms with E-state index in [4.69, 9.17) is 5.73 Å². The fourth-order valence-corrected chi connectivity index (χ4v) is 4.88. The van der Waals surface area contributed by atoms with Crippen molar-refractivity contribution in [2.45, 2.75) is 32.6 Å². The number of thiazole rings is 1. The first-order chi connectivity index (χ1) is 13.5. The molecule has 0 radical (unpaired) electrons. The van der Waals surface area contributed by atoms with Crippen LogP contribution in [0.3, 0.4) is 0 Å². The number of amides is 1. The Hall–Kier alpha value is -2.47. The van der Waals surface area contributed by atoms with Gasteiger partial charge in [-0.3, -0.25) is 4.79 Å². The molecule has 1 fully saturated rings. The van der Waals surface area contributed by atoms with E-state index in [9.17, 15) is 9.18 Å². The molecule has 2 heterocycles. The van der Waals surface area contributed by atoms with Crippen LogP contribution in [0.25, 0.3) is 10.2 Å². The van der Waals surface area contributed by atoms with E-state index in [1.807, 2.05) is 36.1 Å². The maximum Gasteiger partial charge on any atom is 0.253 e. The molecule has 1 amide bonds. The monoisotopic (exact) mass is 397 g/mol. The zero-order chi connectivity index (χ0) is 19.7. The Bertz CT molecular complexity index is 999. The van der Waals surface area contributed by atoms with Gasteiger partial charge in [0.25, 0.3) is 5.91 Å². The van der Waals surface area contributed by atoms with E-state index in [-0.39, 0.29) is 11.7 Å². The van der Waals surface area contributed by atoms with Gasteiger partial charge in [-0.05, 0) is 73.9 Å². The molecule has 0 bridgehead atoms. The molecule has 0 unspecified atom stereocenters. The number of carbonyl (C=O) groups is 1. The SMILES string of the molecule is Cc1cc(C(=O)N2CCC[C@H](CCc3ccc(F)cc3)C2)cc2sc(N)nc12. The molecule has 2 N–H and O–H groups in total. The first kappa shape index (κ1) is 18.9. The number of hydrogen-bond acceptors (Lipinski definition) is 4. The molecule has 1 aliphatic heterocycles. The van der Waals surface area contributed by atoms with Gasteiger partial charge in [0.2, 0.25) is 0 Å². The highest BCUT2D eigenvalue weighted by atomic mass is 32.1. The lowest BCUT2D eigenvalue weighted by Gasteiger charge is -2.33. The van der Waals surface area contributed by atoms with Gasteiger partial charge in [-0.25, -0.2) is 9.37 Å². The predicted molar refractivity (Wildman–Crippen MR) is 112 cm³/mol.